The summed E-state index contributed by atoms with van der Waals surface area (Å²) in [5.41, 5.74) is -0.272. The van der Waals surface area contributed by atoms with Crippen molar-refractivity contribution in [2.75, 3.05) is 20.2 Å². The van der Waals surface area contributed by atoms with Crippen LogP contribution < -0.4 is 4.74 Å². The van der Waals surface area contributed by atoms with Gasteiger partial charge in [-0.2, -0.15) is 5.10 Å². The van der Waals surface area contributed by atoms with Gasteiger partial charge in [0.15, 0.2) is 0 Å². The fraction of sp³-hybridized carbons (Fsp3) is 0.375. The van der Waals surface area contributed by atoms with Gasteiger partial charge in [-0.15, -0.1) is 0 Å². The van der Waals surface area contributed by atoms with Crippen molar-refractivity contribution in [3.8, 4) is 5.75 Å². The highest BCUT2D eigenvalue weighted by atomic mass is 35.5. The van der Waals surface area contributed by atoms with Crippen molar-refractivity contribution < 1.29 is 18.3 Å². The van der Waals surface area contributed by atoms with Crippen molar-refractivity contribution >= 4 is 17.5 Å². The predicted molar refractivity (Wildman–Crippen MR) is 86.7 cm³/mol. The second kappa shape index (κ2) is 8.10. The highest BCUT2D eigenvalue weighted by Crippen LogP contribution is 2.19. The molecule has 0 N–H and O–H groups in total. The van der Waals surface area contributed by atoms with Crippen LogP contribution in [-0.2, 0) is 7.05 Å². The van der Waals surface area contributed by atoms with Gasteiger partial charge < -0.3 is 9.64 Å². The third kappa shape index (κ3) is 4.67. The van der Waals surface area contributed by atoms with Gasteiger partial charge in [-0.1, -0.05) is 11.6 Å². The first-order valence-corrected chi connectivity index (χ1v) is 7.72. The van der Waals surface area contributed by atoms with Crippen molar-refractivity contribution in [3.63, 3.8) is 0 Å². The van der Waals surface area contributed by atoms with Crippen LogP contribution in [-0.4, -0.2) is 40.8 Å². The summed E-state index contributed by atoms with van der Waals surface area (Å²) < 4.78 is 32.0. The molecule has 0 atom stereocenters. The quantitative estimate of drug-likeness (QED) is 0.712. The Labute approximate surface area is 143 Å². The molecule has 1 amide bonds. The lowest BCUT2D eigenvalue weighted by Crippen LogP contribution is -2.30. The van der Waals surface area contributed by atoms with Gasteiger partial charge in [-0.3, -0.25) is 9.48 Å². The lowest BCUT2D eigenvalue weighted by molar-refractivity contribution is 0.0777. The van der Waals surface area contributed by atoms with E-state index in [9.17, 15) is 13.6 Å². The van der Waals surface area contributed by atoms with Crippen LogP contribution in [0.15, 0.2) is 30.3 Å². The molecule has 0 aliphatic heterocycles. The van der Waals surface area contributed by atoms with Crippen LogP contribution in [0.25, 0.3) is 0 Å². The van der Waals surface area contributed by atoms with Gasteiger partial charge in [-0.25, -0.2) is 8.78 Å². The van der Waals surface area contributed by atoms with E-state index in [2.05, 4.69) is 5.10 Å². The molecule has 24 heavy (non-hydrogen) atoms. The first-order valence-electron chi connectivity index (χ1n) is 7.34. The number of carbonyl (C=O) groups excluding carboxylic acids is 1. The zero-order valence-corrected chi connectivity index (χ0v) is 14.1. The van der Waals surface area contributed by atoms with E-state index in [1.165, 1.54) is 16.6 Å². The normalized spacial score (nSPS) is 10.9. The number of ether oxygens (including phenoxy) is 1. The average molecular weight is 358 g/mol. The second-order valence-electron chi connectivity index (χ2n) is 5.26. The van der Waals surface area contributed by atoms with Gasteiger partial charge in [0, 0.05) is 25.7 Å². The lowest BCUT2D eigenvalue weighted by Gasteiger charge is -2.17. The van der Waals surface area contributed by atoms with E-state index in [0.29, 0.717) is 30.3 Å². The number of benzene rings is 1. The lowest BCUT2D eigenvalue weighted by atomic mass is 10.3. The predicted octanol–water partition coefficient (Wildman–Crippen LogP) is 3.55. The number of aromatic nitrogens is 2. The number of hydrogen-bond donors (Lipinski definition) is 0. The number of hydrogen-bond acceptors (Lipinski definition) is 3. The fourth-order valence-electron chi connectivity index (χ4n) is 2.12. The number of nitrogens with zero attached hydrogens (tertiary/aromatic N) is 3. The van der Waals surface area contributed by atoms with Crippen LogP contribution in [0.1, 0.15) is 29.0 Å². The van der Waals surface area contributed by atoms with Gasteiger partial charge in [0.1, 0.15) is 17.1 Å². The fourth-order valence-corrected chi connectivity index (χ4v) is 2.24. The molecule has 0 unspecified atom stereocenters. The Morgan fingerprint density at radius 3 is 2.62 bits per heavy atom. The Bertz CT molecular complexity index is 689. The monoisotopic (exact) mass is 357 g/mol. The summed E-state index contributed by atoms with van der Waals surface area (Å²) >= 11 is 5.79. The molecule has 0 bridgehead atoms. The Balaban J connectivity index is 1.82. The Morgan fingerprint density at radius 2 is 2.04 bits per heavy atom. The largest absolute Gasteiger partial charge is 0.494 e. The molecule has 130 valence electrons. The summed E-state index contributed by atoms with van der Waals surface area (Å²) in [6.45, 7) is 0.856. The SMILES string of the molecule is CN(CCCOc1ccc(Cl)cc1)C(=O)c1cc(C(F)F)nn1C. The van der Waals surface area contributed by atoms with Crippen LogP contribution in [0, 0.1) is 0 Å². The summed E-state index contributed by atoms with van der Waals surface area (Å²) in [4.78, 5) is 13.7. The number of rotatable bonds is 7. The van der Waals surface area contributed by atoms with Crippen LogP contribution in [0.2, 0.25) is 5.02 Å². The molecular formula is C16H18ClF2N3O2. The maximum atomic E-state index is 12.6. The smallest absolute Gasteiger partial charge is 0.282 e. The molecule has 2 rings (SSSR count). The van der Waals surface area contributed by atoms with E-state index >= 15 is 0 Å². The van der Waals surface area contributed by atoms with Crippen molar-refractivity contribution in [1.82, 2.24) is 14.7 Å². The maximum Gasteiger partial charge on any atom is 0.282 e. The second-order valence-corrected chi connectivity index (χ2v) is 5.70. The highest BCUT2D eigenvalue weighted by Gasteiger charge is 2.20. The van der Waals surface area contributed by atoms with E-state index in [-0.39, 0.29) is 11.6 Å². The van der Waals surface area contributed by atoms with Crippen LogP contribution >= 0.6 is 11.6 Å². The first-order chi connectivity index (χ1) is 11.4. The van der Waals surface area contributed by atoms with E-state index in [1.807, 2.05) is 0 Å². The maximum absolute atomic E-state index is 12.6. The van der Waals surface area contributed by atoms with E-state index in [1.54, 1.807) is 31.3 Å². The van der Waals surface area contributed by atoms with Gasteiger partial charge >= 0.3 is 0 Å². The van der Waals surface area contributed by atoms with Gasteiger partial charge in [0.25, 0.3) is 12.3 Å². The molecule has 0 saturated heterocycles. The Morgan fingerprint density at radius 1 is 1.38 bits per heavy atom. The zero-order valence-electron chi connectivity index (χ0n) is 13.4. The number of aryl methyl sites for hydroxylation is 1. The van der Waals surface area contributed by atoms with E-state index < -0.39 is 12.1 Å². The van der Waals surface area contributed by atoms with Crippen LogP contribution in [0.5, 0.6) is 5.75 Å². The number of carbonyl (C=O) groups is 1. The van der Waals surface area contributed by atoms with E-state index in [0.717, 1.165) is 6.07 Å². The molecule has 0 radical (unpaired) electrons. The van der Waals surface area contributed by atoms with Crippen molar-refractivity contribution in [2.45, 2.75) is 12.8 Å². The zero-order chi connectivity index (χ0) is 17.7. The summed E-state index contributed by atoms with van der Waals surface area (Å²) in [5.74, 6) is 0.338. The van der Waals surface area contributed by atoms with Gasteiger partial charge in [-0.05, 0) is 36.8 Å². The number of alkyl halides is 2. The van der Waals surface area contributed by atoms with Crippen molar-refractivity contribution in [2.24, 2.45) is 7.05 Å². The molecule has 5 nitrogen and oxygen atoms in total. The summed E-state index contributed by atoms with van der Waals surface area (Å²) in [6.07, 6.45) is -2.10. The van der Waals surface area contributed by atoms with Gasteiger partial charge in [0.05, 0.1) is 6.61 Å². The van der Waals surface area contributed by atoms with E-state index in [4.69, 9.17) is 16.3 Å². The summed E-state index contributed by atoms with van der Waals surface area (Å²) in [5, 5.41) is 4.27. The molecule has 1 aromatic carbocycles. The molecule has 0 fully saturated rings. The topological polar surface area (TPSA) is 47.4 Å². The summed E-state index contributed by atoms with van der Waals surface area (Å²) in [7, 11) is 3.08. The Kier molecular flexibility index (Phi) is 6.14. The van der Waals surface area contributed by atoms with Gasteiger partial charge in [0.2, 0.25) is 0 Å². The third-order valence-corrected chi connectivity index (χ3v) is 3.66. The molecule has 0 aliphatic carbocycles. The van der Waals surface area contributed by atoms with Crippen molar-refractivity contribution in [3.05, 3.63) is 46.7 Å². The minimum Gasteiger partial charge on any atom is -0.494 e. The molecule has 2 aromatic rings. The average Bonchev–Trinajstić information content (AvgIpc) is 2.94. The molecule has 0 aliphatic rings. The summed E-state index contributed by atoms with van der Waals surface area (Å²) in [6, 6.07) is 8.11. The standard InChI is InChI=1S/C16H18ClF2N3O2/c1-21(8-3-9-24-12-6-4-11(17)5-7-12)16(23)14-10-13(15(18)19)20-22(14)2/h4-7,10,15H,3,8-9H2,1-2H3. The Hall–Kier alpha value is -2.15. The molecule has 8 heteroatoms. The van der Waals surface area contributed by atoms with Crippen LogP contribution in [0.3, 0.4) is 0 Å². The highest BCUT2D eigenvalue weighted by molar-refractivity contribution is 6.30. The molecule has 0 spiro atoms. The van der Waals surface area contributed by atoms with Crippen LogP contribution in [0.4, 0.5) is 8.78 Å². The third-order valence-electron chi connectivity index (χ3n) is 3.41. The first kappa shape index (κ1) is 18.2. The number of halogens is 3. The minimum atomic E-state index is -2.70. The molecule has 1 aromatic heterocycles. The van der Waals surface area contributed by atoms with Crippen molar-refractivity contribution in [1.29, 1.82) is 0 Å². The number of amides is 1. The molecular weight excluding hydrogens is 340 g/mol. The molecule has 0 saturated carbocycles. The minimum absolute atomic E-state index is 0.131. The molecule has 1 heterocycles.